The molecule has 6 rings (SSSR count). The number of esters is 1. The van der Waals surface area contributed by atoms with Crippen molar-refractivity contribution in [3.05, 3.63) is 104 Å². The standard InChI is InChI=1S/C29H26N6O6S/c1-16-10-19(8-9-22(16)35(37)38)26-21-13-24-23(40-15-41-24)12-20(21)11-17(2)34(33-26)29-32-31-27(42-29)25(30)28(36)39-14-18-6-4-3-5-7-18/h3-10,12-13,17,25H,11,14-15,30H2,1-2H3/t17-,25?/m1/s1. The highest BCUT2D eigenvalue weighted by atomic mass is 32.1. The maximum atomic E-state index is 12.7. The van der Waals surface area contributed by atoms with Gasteiger partial charge in [-0.15, -0.1) is 10.2 Å². The fourth-order valence-electron chi connectivity index (χ4n) is 4.85. The lowest BCUT2D eigenvalue weighted by atomic mass is 9.93. The molecule has 4 aromatic rings. The number of fused-ring (bicyclic) bond motifs is 2. The van der Waals surface area contributed by atoms with Crippen LogP contribution in [0.5, 0.6) is 11.5 Å². The zero-order valence-corrected chi connectivity index (χ0v) is 23.5. The van der Waals surface area contributed by atoms with Gasteiger partial charge >= 0.3 is 5.97 Å². The van der Waals surface area contributed by atoms with E-state index in [4.69, 9.17) is 25.0 Å². The molecule has 0 amide bonds. The molecule has 0 spiro atoms. The van der Waals surface area contributed by atoms with E-state index in [2.05, 4.69) is 10.2 Å². The molecule has 0 aliphatic carbocycles. The molecule has 0 bridgehead atoms. The maximum absolute atomic E-state index is 12.7. The van der Waals surface area contributed by atoms with E-state index in [0.717, 1.165) is 28.0 Å². The van der Waals surface area contributed by atoms with Crippen molar-refractivity contribution in [3.63, 3.8) is 0 Å². The predicted octanol–water partition coefficient (Wildman–Crippen LogP) is 4.43. The summed E-state index contributed by atoms with van der Waals surface area (Å²) in [6, 6.07) is 16.7. The van der Waals surface area contributed by atoms with Crippen LogP contribution in [0, 0.1) is 17.0 Å². The van der Waals surface area contributed by atoms with Gasteiger partial charge in [-0.1, -0.05) is 41.7 Å². The summed E-state index contributed by atoms with van der Waals surface area (Å²) in [5, 5.41) is 27.5. The van der Waals surface area contributed by atoms with E-state index in [-0.39, 0.29) is 25.1 Å². The summed E-state index contributed by atoms with van der Waals surface area (Å²) in [6.45, 7) is 3.91. The molecule has 0 saturated heterocycles. The van der Waals surface area contributed by atoms with Gasteiger partial charge in [-0.2, -0.15) is 5.10 Å². The monoisotopic (exact) mass is 586 g/mol. The van der Waals surface area contributed by atoms with Crippen LogP contribution in [0.15, 0.2) is 65.8 Å². The van der Waals surface area contributed by atoms with Gasteiger partial charge in [0.1, 0.15) is 11.6 Å². The Balaban J connectivity index is 1.34. The average molecular weight is 587 g/mol. The third-order valence-electron chi connectivity index (χ3n) is 7.03. The molecule has 1 unspecified atom stereocenters. The van der Waals surface area contributed by atoms with E-state index in [1.54, 1.807) is 24.1 Å². The largest absolute Gasteiger partial charge is 0.459 e. The van der Waals surface area contributed by atoms with Gasteiger partial charge in [0.15, 0.2) is 17.5 Å². The maximum Gasteiger partial charge on any atom is 0.330 e. The van der Waals surface area contributed by atoms with E-state index >= 15 is 0 Å². The molecular formula is C29H26N6O6S. The van der Waals surface area contributed by atoms with Crippen molar-refractivity contribution >= 4 is 33.8 Å². The quantitative estimate of drug-likeness (QED) is 0.187. The number of nitrogens with zero attached hydrogens (tertiary/aromatic N) is 5. The van der Waals surface area contributed by atoms with Crippen LogP contribution in [0.4, 0.5) is 10.8 Å². The topological polar surface area (TPSA) is 155 Å². The van der Waals surface area contributed by atoms with Crippen LogP contribution in [0.1, 0.15) is 45.8 Å². The van der Waals surface area contributed by atoms with Crippen molar-refractivity contribution in [2.24, 2.45) is 10.8 Å². The number of ether oxygens (including phenoxy) is 3. The van der Waals surface area contributed by atoms with Gasteiger partial charge in [-0.05, 0) is 55.7 Å². The van der Waals surface area contributed by atoms with Crippen LogP contribution in [0.2, 0.25) is 0 Å². The second-order valence-electron chi connectivity index (χ2n) is 9.96. The Morgan fingerprint density at radius 3 is 2.67 bits per heavy atom. The molecule has 2 N–H and O–H groups in total. The molecule has 0 saturated carbocycles. The third-order valence-corrected chi connectivity index (χ3v) is 8.03. The summed E-state index contributed by atoms with van der Waals surface area (Å²) in [7, 11) is 0. The first-order chi connectivity index (χ1) is 20.3. The minimum atomic E-state index is -1.11. The number of aromatic nitrogens is 2. The zero-order valence-electron chi connectivity index (χ0n) is 22.7. The van der Waals surface area contributed by atoms with E-state index in [9.17, 15) is 14.9 Å². The summed E-state index contributed by atoms with van der Waals surface area (Å²) < 4.78 is 16.7. The van der Waals surface area contributed by atoms with E-state index < -0.39 is 16.9 Å². The van der Waals surface area contributed by atoms with Crippen LogP contribution < -0.4 is 20.2 Å². The number of rotatable bonds is 7. The highest BCUT2D eigenvalue weighted by Crippen LogP contribution is 2.39. The van der Waals surface area contributed by atoms with Gasteiger partial charge in [0.05, 0.1) is 16.7 Å². The molecule has 3 heterocycles. The van der Waals surface area contributed by atoms with Gasteiger partial charge in [-0.25, -0.2) is 9.80 Å². The molecule has 0 radical (unpaired) electrons. The molecule has 3 aromatic carbocycles. The average Bonchev–Trinajstić information content (AvgIpc) is 3.63. The fourth-order valence-corrected chi connectivity index (χ4v) is 5.74. The van der Waals surface area contributed by atoms with Gasteiger partial charge < -0.3 is 19.9 Å². The molecule has 2 atom stereocenters. The summed E-state index contributed by atoms with van der Waals surface area (Å²) in [5.41, 5.74) is 10.6. The Hall–Kier alpha value is -4.88. The van der Waals surface area contributed by atoms with Crippen LogP contribution in [-0.2, 0) is 22.6 Å². The lowest BCUT2D eigenvalue weighted by molar-refractivity contribution is -0.385. The second kappa shape index (κ2) is 11.2. The number of anilines is 1. The minimum absolute atomic E-state index is 0.0195. The highest BCUT2D eigenvalue weighted by molar-refractivity contribution is 7.15. The second-order valence-corrected chi connectivity index (χ2v) is 10.9. The zero-order chi connectivity index (χ0) is 29.4. The Morgan fingerprint density at radius 1 is 1.17 bits per heavy atom. The third kappa shape index (κ3) is 5.27. The van der Waals surface area contributed by atoms with Crippen molar-refractivity contribution in [3.8, 4) is 11.5 Å². The van der Waals surface area contributed by atoms with Crippen molar-refractivity contribution < 1.29 is 23.9 Å². The number of nitrogens with two attached hydrogens (primary N) is 1. The highest BCUT2D eigenvalue weighted by Gasteiger charge is 2.31. The lowest BCUT2D eigenvalue weighted by Crippen LogP contribution is -2.29. The number of aryl methyl sites for hydroxylation is 1. The van der Waals surface area contributed by atoms with Crippen LogP contribution >= 0.6 is 11.3 Å². The first-order valence-electron chi connectivity index (χ1n) is 13.1. The molecule has 13 heteroatoms. The first kappa shape index (κ1) is 27.3. The smallest absolute Gasteiger partial charge is 0.330 e. The van der Waals surface area contributed by atoms with Crippen molar-refractivity contribution in [2.45, 2.75) is 39.0 Å². The van der Waals surface area contributed by atoms with Gasteiger partial charge in [0.25, 0.3) is 5.69 Å². The molecule has 0 fully saturated rings. The number of benzene rings is 3. The number of hydrogen-bond acceptors (Lipinski definition) is 12. The van der Waals surface area contributed by atoms with Crippen molar-refractivity contribution in [1.29, 1.82) is 0 Å². The molecule has 12 nitrogen and oxygen atoms in total. The van der Waals surface area contributed by atoms with Crippen LogP contribution in [-0.4, -0.2) is 39.6 Å². The predicted molar refractivity (Wildman–Crippen MR) is 155 cm³/mol. The Bertz CT molecular complexity index is 1710. The first-order valence-corrected chi connectivity index (χ1v) is 14.0. The Labute approximate surface area is 244 Å². The van der Waals surface area contributed by atoms with Crippen molar-refractivity contribution in [2.75, 3.05) is 11.8 Å². The molecular weight excluding hydrogens is 560 g/mol. The summed E-state index contributed by atoms with van der Waals surface area (Å²) in [4.78, 5) is 23.7. The van der Waals surface area contributed by atoms with Crippen LogP contribution in [0.25, 0.3) is 0 Å². The summed E-state index contributed by atoms with van der Waals surface area (Å²) >= 11 is 1.15. The number of carbonyl (C=O) groups excluding carboxylic acids is 1. The Kier molecular flexibility index (Phi) is 7.27. The lowest BCUT2D eigenvalue weighted by Gasteiger charge is -2.22. The molecule has 42 heavy (non-hydrogen) atoms. The van der Waals surface area contributed by atoms with Gasteiger partial charge in [-0.3, -0.25) is 10.1 Å². The number of hydrogen-bond donors (Lipinski definition) is 1. The van der Waals surface area contributed by atoms with E-state index in [0.29, 0.717) is 44.9 Å². The number of nitro benzene ring substituents is 1. The van der Waals surface area contributed by atoms with Gasteiger partial charge in [0.2, 0.25) is 11.9 Å². The molecule has 2 aliphatic rings. The number of carbonyl (C=O) groups is 1. The Morgan fingerprint density at radius 2 is 1.93 bits per heavy atom. The van der Waals surface area contributed by atoms with E-state index in [1.807, 2.05) is 49.4 Å². The summed E-state index contributed by atoms with van der Waals surface area (Å²) in [6.07, 6.45) is 0.574. The number of nitro groups is 1. The summed E-state index contributed by atoms with van der Waals surface area (Å²) in [5.74, 6) is 0.629. The SMILES string of the molecule is Cc1cc(C2=NN(c3nnc(C(N)C(=O)OCc4ccccc4)s3)[C@H](C)Cc3cc4c(cc32)OCO4)ccc1[N+](=O)[O-]. The minimum Gasteiger partial charge on any atom is -0.459 e. The molecule has 1 aromatic heterocycles. The molecule has 2 aliphatic heterocycles. The normalized spacial score (nSPS) is 16.3. The van der Waals surface area contributed by atoms with E-state index in [1.165, 1.54) is 6.07 Å². The fraction of sp³-hybridized carbons (Fsp3) is 0.241. The van der Waals surface area contributed by atoms with Crippen molar-refractivity contribution in [1.82, 2.24) is 10.2 Å². The van der Waals surface area contributed by atoms with Crippen LogP contribution in [0.3, 0.4) is 0 Å². The van der Waals surface area contributed by atoms with Gasteiger partial charge in [0, 0.05) is 22.8 Å². The number of hydrazone groups is 1. The molecule has 214 valence electrons.